The summed E-state index contributed by atoms with van der Waals surface area (Å²) >= 11 is 0. The summed E-state index contributed by atoms with van der Waals surface area (Å²) in [6.07, 6.45) is 2.09. The first-order chi connectivity index (χ1) is 11.9. The van der Waals surface area contributed by atoms with E-state index in [4.69, 9.17) is 0 Å². The van der Waals surface area contributed by atoms with Gasteiger partial charge in [0.2, 0.25) is 10.0 Å². The molecule has 2 rings (SSSR count). The van der Waals surface area contributed by atoms with E-state index in [-0.39, 0.29) is 10.8 Å². The molecule has 1 amide bonds. The average molecular weight is 368 g/mol. The number of rotatable bonds is 7. The highest BCUT2D eigenvalue weighted by molar-refractivity contribution is 7.89. The average Bonchev–Trinajstić information content (AvgIpc) is 2.62. The molecule has 0 bridgehead atoms. The van der Waals surface area contributed by atoms with Crippen molar-refractivity contribution >= 4 is 15.9 Å². The third-order valence-electron chi connectivity index (χ3n) is 4.72. The van der Waals surface area contributed by atoms with Crippen LogP contribution in [0, 0.1) is 5.92 Å². The molecule has 1 aliphatic rings. The molecule has 1 N–H and O–H groups in total. The highest BCUT2D eigenvalue weighted by Gasteiger charge is 2.26. The molecule has 6 nitrogen and oxygen atoms in total. The second kappa shape index (κ2) is 8.78. The Balaban J connectivity index is 2.22. The summed E-state index contributed by atoms with van der Waals surface area (Å²) in [6.45, 7) is 6.78. The maximum Gasteiger partial charge on any atom is 0.253 e. The minimum absolute atomic E-state index is 0.0857. The molecule has 7 heteroatoms. The summed E-state index contributed by atoms with van der Waals surface area (Å²) in [7, 11) is -1.64. The van der Waals surface area contributed by atoms with E-state index in [1.165, 1.54) is 10.4 Å². The van der Waals surface area contributed by atoms with E-state index < -0.39 is 10.0 Å². The molecule has 0 aromatic heterocycles. The lowest BCUT2D eigenvalue weighted by atomic mass is 9.97. The molecule has 140 valence electrons. The van der Waals surface area contributed by atoms with E-state index in [9.17, 15) is 13.2 Å². The van der Waals surface area contributed by atoms with Gasteiger partial charge in [-0.05, 0) is 50.6 Å². The predicted octanol–water partition coefficient (Wildman–Crippen LogP) is 1.79. The van der Waals surface area contributed by atoms with E-state index >= 15 is 0 Å². The van der Waals surface area contributed by atoms with Gasteiger partial charge in [0.1, 0.15) is 0 Å². The number of benzene rings is 1. The molecule has 1 aromatic rings. The van der Waals surface area contributed by atoms with Gasteiger partial charge in [-0.1, -0.05) is 19.9 Å². The van der Waals surface area contributed by atoms with Crippen molar-refractivity contribution in [3.8, 4) is 0 Å². The number of carbonyl (C=O) groups is 1. The van der Waals surface area contributed by atoms with Crippen molar-refractivity contribution in [2.24, 2.45) is 5.92 Å². The fraction of sp³-hybridized carbons (Fsp3) is 0.611. The topological polar surface area (TPSA) is 69.7 Å². The lowest BCUT2D eigenvalue weighted by Gasteiger charge is -2.33. The van der Waals surface area contributed by atoms with Crippen molar-refractivity contribution < 1.29 is 13.2 Å². The van der Waals surface area contributed by atoms with Gasteiger partial charge in [0, 0.05) is 31.7 Å². The van der Waals surface area contributed by atoms with E-state index in [1.54, 1.807) is 18.2 Å². The Kier molecular flexibility index (Phi) is 6.98. The Hall–Kier alpha value is -1.44. The minimum atomic E-state index is -3.55. The van der Waals surface area contributed by atoms with Gasteiger partial charge in [-0.2, -0.15) is 4.31 Å². The molecular weight excluding hydrogens is 338 g/mol. The van der Waals surface area contributed by atoms with Crippen LogP contribution in [-0.2, 0) is 10.0 Å². The number of piperidine rings is 1. The molecular formula is C18H29N3O3S. The summed E-state index contributed by atoms with van der Waals surface area (Å²) < 4.78 is 26.8. The van der Waals surface area contributed by atoms with Crippen molar-refractivity contribution in [1.82, 2.24) is 14.5 Å². The molecule has 1 atom stereocenters. The van der Waals surface area contributed by atoms with Crippen molar-refractivity contribution in [3.05, 3.63) is 29.8 Å². The van der Waals surface area contributed by atoms with Crippen LogP contribution in [0.5, 0.6) is 0 Å². The number of hydrogen-bond acceptors (Lipinski definition) is 4. The lowest BCUT2D eigenvalue weighted by molar-refractivity contribution is 0.0674. The number of sulfonamides is 1. The Morgan fingerprint density at radius 3 is 2.68 bits per heavy atom. The summed E-state index contributed by atoms with van der Waals surface area (Å²) in [5, 5.41) is 3.17. The number of likely N-dealkylation sites (tertiary alicyclic amines) is 1. The smallest absolute Gasteiger partial charge is 0.253 e. The minimum Gasteiger partial charge on any atom is -0.338 e. The second-order valence-electron chi connectivity index (χ2n) is 6.43. The summed E-state index contributed by atoms with van der Waals surface area (Å²) in [5.41, 5.74) is 0.443. The molecule has 25 heavy (non-hydrogen) atoms. The molecule has 1 aromatic carbocycles. The zero-order valence-electron chi connectivity index (χ0n) is 15.4. The van der Waals surface area contributed by atoms with E-state index in [0.717, 1.165) is 25.9 Å². The van der Waals surface area contributed by atoms with Crippen LogP contribution in [0.3, 0.4) is 0 Å². The molecule has 1 heterocycles. The van der Waals surface area contributed by atoms with Crippen LogP contribution < -0.4 is 5.32 Å². The fourth-order valence-corrected chi connectivity index (χ4v) is 4.89. The van der Waals surface area contributed by atoms with Gasteiger partial charge in [-0.25, -0.2) is 8.42 Å². The Bertz CT molecular complexity index is 685. The number of nitrogens with zero attached hydrogens (tertiary/aromatic N) is 2. The first-order valence-electron chi connectivity index (χ1n) is 8.98. The third-order valence-corrected chi connectivity index (χ3v) is 6.77. The van der Waals surface area contributed by atoms with Crippen LogP contribution in [0.25, 0.3) is 0 Å². The van der Waals surface area contributed by atoms with Gasteiger partial charge in [-0.3, -0.25) is 4.79 Å². The van der Waals surface area contributed by atoms with E-state index in [2.05, 4.69) is 5.32 Å². The van der Waals surface area contributed by atoms with Crippen LogP contribution in [0.1, 0.15) is 37.0 Å². The van der Waals surface area contributed by atoms with Crippen LogP contribution in [0.4, 0.5) is 0 Å². The molecule has 1 fully saturated rings. The molecule has 1 unspecified atom stereocenters. The van der Waals surface area contributed by atoms with Crippen LogP contribution >= 0.6 is 0 Å². The van der Waals surface area contributed by atoms with E-state index in [1.807, 2.05) is 25.8 Å². The van der Waals surface area contributed by atoms with Crippen LogP contribution in [0.15, 0.2) is 29.2 Å². The fourth-order valence-electron chi connectivity index (χ4n) is 3.39. The number of amides is 1. The largest absolute Gasteiger partial charge is 0.338 e. The Morgan fingerprint density at radius 1 is 1.32 bits per heavy atom. The SMILES string of the molecule is CCN(CC)S(=O)(=O)c1cccc(C(=O)N2CCCC(CNC)C2)c1. The first-order valence-corrected chi connectivity index (χ1v) is 10.4. The first kappa shape index (κ1) is 19.9. The van der Waals surface area contributed by atoms with Gasteiger partial charge in [0.15, 0.2) is 0 Å². The summed E-state index contributed by atoms with van der Waals surface area (Å²) in [6, 6.07) is 6.42. The van der Waals surface area contributed by atoms with Crippen LogP contribution in [0.2, 0.25) is 0 Å². The molecule has 1 saturated heterocycles. The molecule has 0 aliphatic carbocycles. The van der Waals surface area contributed by atoms with E-state index in [0.29, 0.717) is 31.1 Å². The summed E-state index contributed by atoms with van der Waals surface area (Å²) in [5.74, 6) is 0.364. The van der Waals surface area contributed by atoms with Gasteiger partial charge in [-0.15, -0.1) is 0 Å². The highest BCUT2D eigenvalue weighted by atomic mass is 32.2. The van der Waals surface area contributed by atoms with Crippen molar-refractivity contribution in [2.45, 2.75) is 31.6 Å². The van der Waals surface area contributed by atoms with Gasteiger partial charge >= 0.3 is 0 Å². The Labute approximate surface area is 151 Å². The number of nitrogens with one attached hydrogen (secondary N) is 1. The van der Waals surface area contributed by atoms with Crippen molar-refractivity contribution in [1.29, 1.82) is 0 Å². The van der Waals surface area contributed by atoms with Gasteiger partial charge < -0.3 is 10.2 Å². The Morgan fingerprint density at radius 2 is 2.04 bits per heavy atom. The van der Waals surface area contributed by atoms with Crippen LogP contribution in [-0.4, -0.2) is 63.3 Å². The molecule has 1 aliphatic heterocycles. The quantitative estimate of drug-likeness (QED) is 0.798. The second-order valence-corrected chi connectivity index (χ2v) is 8.37. The maximum atomic E-state index is 12.8. The van der Waals surface area contributed by atoms with Gasteiger partial charge in [0.25, 0.3) is 5.91 Å². The summed E-state index contributed by atoms with van der Waals surface area (Å²) in [4.78, 5) is 14.9. The van der Waals surface area contributed by atoms with Gasteiger partial charge in [0.05, 0.1) is 4.90 Å². The predicted molar refractivity (Wildman–Crippen MR) is 99.1 cm³/mol. The normalized spacial score (nSPS) is 18.6. The zero-order valence-corrected chi connectivity index (χ0v) is 16.2. The lowest BCUT2D eigenvalue weighted by Crippen LogP contribution is -2.42. The molecule has 0 saturated carbocycles. The highest BCUT2D eigenvalue weighted by Crippen LogP contribution is 2.21. The maximum absolute atomic E-state index is 12.8. The molecule has 0 radical (unpaired) electrons. The standard InChI is InChI=1S/C18H29N3O3S/c1-4-21(5-2)25(23,24)17-10-6-9-16(12-17)18(22)20-11-7-8-15(14-20)13-19-3/h6,9-10,12,15,19H,4-5,7-8,11,13-14H2,1-3H3. The van der Waals surface area contributed by atoms with Crippen molar-refractivity contribution in [2.75, 3.05) is 39.8 Å². The van der Waals surface area contributed by atoms with Crippen molar-refractivity contribution in [3.63, 3.8) is 0 Å². The third kappa shape index (κ3) is 4.59. The number of carbonyl (C=O) groups excluding carboxylic acids is 1. The molecule has 0 spiro atoms. The number of hydrogen-bond donors (Lipinski definition) is 1. The monoisotopic (exact) mass is 367 g/mol. The zero-order chi connectivity index (χ0) is 18.4.